The molecule has 1 aromatic rings. The van der Waals surface area contributed by atoms with Crippen molar-refractivity contribution in [2.75, 3.05) is 18.4 Å². The summed E-state index contributed by atoms with van der Waals surface area (Å²) < 4.78 is 0. The summed E-state index contributed by atoms with van der Waals surface area (Å²) in [6.45, 7) is 7.94. The molecule has 0 aromatic heterocycles. The van der Waals surface area contributed by atoms with E-state index in [1.165, 1.54) is 12.8 Å². The largest absolute Gasteiger partial charge is 0.326 e. The normalized spacial score (nSPS) is 10.4. The van der Waals surface area contributed by atoms with Gasteiger partial charge in [0.25, 0.3) is 0 Å². The Morgan fingerprint density at radius 3 is 2.72 bits per heavy atom. The first kappa shape index (κ1) is 14.7. The minimum absolute atomic E-state index is 0.0766. The summed E-state index contributed by atoms with van der Waals surface area (Å²) in [7, 11) is 0. The number of aryl methyl sites for hydroxylation is 2. The fraction of sp³-hybridized carbons (Fsp3) is 0.533. The number of rotatable bonds is 7. The maximum atomic E-state index is 11.8. The molecule has 0 spiro atoms. The Labute approximate surface area is 110 Å². The maximum Gasteiger partial charge on any atom is 0.225 e. The first-order chi connectivity index (χ1) is 8.63. The Bertz CT molecular complexity index is 388. The van der Waals surface area contributed by atoms with Crippen molar-refractivity contribution in [3.8, 4) is 0 Å². The zero-order valence-electron chi connectivity index (χ0n) is 11.7. The van der Waals surface area contributed by atoms with Crippen molar-refractivity contribution in [2.45, 2.75) is 40.0 Å². The summed E-state index contributed by atoms with van der Waals surface area (Å²) in [5.74, 6) is 0.0766. The molecule has 0 bridgehead atoms. The molecule has 0 atom stereocenters. The van der Waals surface area contributed by atoms with Gasteiger partial charge in [-0.05, 0) is 44.0 Å². The van der Waals surface area contributed by atoms with E-state index in [0.29, 0.717) is 6.42 Å². The van der Waals surface area contributed by atoms with Gasteiger partial charge in [0.15, 0.2) is 0 Å². The van der Waals surface area contributed by atoms with Crippen LogP contribution in [0.15, 0.2) is 18.2 Å². The number of nitrogens with one attached hydrogen (secondary N) is 2. The van der Waals surface area contributed by atoms with Crippen LogP contribution in [0, 0.1) is 13.8 Å². The van der Waals surface area contributed by atoms with Crippen LogP contribution in [-0.4, -0.2) is 19.0 Å². The number of unbranched alkanes of at least 4 members (excludes halogenated alkanes) is 1. The molecule has 0 aliphatic heterocycles. The van der Waals surface area contributed by atoms with Crippen LogP contribution in [0.5, 0.6) is 0 Å². The van der Waals surface area contributed by atoms with E-state index in [2.05, 4.69) is 23.6 Å². The van der Waals surface area contributed by atoms with Crippen molar-refractivity contribution in [3.63, 3.8) is 0 Å². The lowest BCUT2D eigenvalue weighted by Gasteiger charge is -2.09. The Morgan fingerprint density at radius 2 is 2.00 bits per heavy atom. The second-order valence-corrected chi connectivity index (χ2v) is 4.72. The van der Waals surface area contributed by atoms with Crippen molar-refractivity contribution in [1.82, 2.24) is 5.32 Å². The average molecular weight is 248 g/mol. The minimum atomic E-state index is 0.0766. The molecule has 2 N–H and O–H groups in total. The van der Waals surface area contributed by atoms with Crippen LogP contribution in [-0.2, 0) is 4.79 Å². The van der Waals surface area contributed by atoms with Crippen LogP contribution in [0.1, 0.15) is 37.3 Å². The van der Waals surface area contributed by atoms with E-state index in [-0.39, 0.29) is 5.91 Å². The summed E-state index contributed by atoms with van der Waals surface area (Å²) in [6.07, 6.45) is 2.87. The molecule has 18 heavy (non-hydrogen) atoms. The number of hydrogen-bond donors (Lipinski definition) is 2. The van der Waals surface area contributed by atoms with E-state index in [0.717, 1.165) is 29.9 Å². The second kappa shape index (κ2) is 7.88. The summed E-state index contributed by atoms with van der Waals surface area (Å²) in [5.41, 5.74) is 3.19. The monoisotopic (exact) mass is 248 g/mol. The van der Waals surface area contributed by atoms with Crippen LogP contribution < -0.4 is 10.6 Å². The lowest BCUT2D eigenvalue weighted by atomic mass is 10.1. The average Bonchev–Trinajstić information content (AvgIpc) is 2.33. The van der Waals surface area contributed by atoms with Gasteiger partial charge < -0.3 is 10.6 Å². The van der Waals surface area contributed by atoms with Gasteiger partial charge in [0, 0.05) is 18.7 Å². The smallest absolute Gasteiger partial charge is 0.225 e. The van der Waals surface area contributed by atoms with E-state index in [1.807, 2.05) is 26.0 Å². The SMILES string of the molecule is CCCCNCCC(=O)Nc1cc(C)ccc1C. The van der Waals surface area contributed by atoms with Gasteiger partial charge in [-0.25, -0.2) is 0 Å². The molecule has 1 rings (SSSR count). The van der Waals surface area contributed by atoms with Crippen LogP contribution >= 0.6 is 0 Å². The van der Waals surface area contributed by atoms with Crippen LogP contribution in [0.3, 0.4) is 0 Å². The van der Waals surface area contributed by atoms with Gasteiger partial charge in [0.2, 0.25) is 5.91 Å². The molecule has 1 amide bonds. The topological polar surface area (TPSA) is 41.1 Å². The summed E-state index contributed by atoms with van der Waals surface area (Å²) >= 11 is 0. The minimum Gasteiger partial charge on any atom is -0.326 e. The fourth-order valence-corrected chi connectivity index (χ4v) is 1.71. The lowest BCUT2D eigenvalue weighted by Crippen LogP contribution is -2.22. The number of hydrogen-bond acceptors (Lipinski definition) is 2. The third-order valence-corrected chi connectivity index (χ3v) is 2.90. The summed E-state index contributed by atoms with van der Waals surface area (Å²) in [5, 5.41) is 6.23. The highest BCUT2D eigenvalue weighted by molar-refractivity contribution is 5.91. The lowest BCUT2D eigenvalue weighted by molar-refractivity contribution is -0.116. The van der Waals surface area contributed by atoms with Crippen LogP contribution in [0.4, 0.5) is 5.69 Å². The van der Waals surface area contributed by atoms with E-state index in [9.17, 15) is 4.79 Å². The number of carbonyl (C=O) groups excluding carboxylic acids is 1. The van der Waals surface area contributed by atoms with Gasteiger partial charge in [-0.2, -0.15) is 0 Å². The van der Waals surface area contributed by atoms with Crippen molar-refractivity contribution in [3.05, 3.63) is 29.3 Å². The standard InChI is InChI=1S/C15H24N2O/c1-4-5-9-16-10-8-15(18)17-14-11-12(2)6-7-13(14)3/h6-7,11,16H,4-5,8-10H2,1-3H3,(H,17,18). The fourth-order valence-electron chi connectivity index (χ4n) is 1.71. The second-order valence-electron chi connectivity index (χ2n) is 4.72. The predicted molar refractivity (Wildman–Crippen MR) is 76.9 cm³/mol. The van der Waals surface area contributed by atoms with Crippen molar-refractivity contribution in [2.24, 2.45) is 0 Å². The van der Waals surface area contributed by atoms with Gasteiger partial charge in [0.1, 0.15) is 0 Å². The Morgan fingerprint density at radius 1 is 1.22 bits per heavy atom. The molecule has 0 heterocycles. The zero-order chi connectivity index (χ0) is 13.4. The molecule has 0 aliphatic carbocycles. The van der Waals surface area contributed by atoms with E-state index in [4.69, 9.17) is 0 Å². The third-order valence-electron chi connectivity index (χ3n) is 2.90. The van der Waals surface area contributed by atoms with Crippen molar-refractivity contribution < 1.29 is 4.79 Å². The summed E-state index contributed by atoms with van der Waals surface area (Å²) in [6, 6.07) is 6.10. The van der Waals surface area contributed by atoms with E-state index < -0.39 is 0 Å². The maximum absolute atomic E-state index is 11.8. The molecular weight excluding hydrogens is 224 g/mol. The Hall–Kier alpha value is -1.35. The number of carbonyl (C=O) groups is 1. The molecule has 0 fully saturated rings. The molecule has 3 heteroatoms. The molecule has 0 radical (unpaired) electrons. The van der Waals surface area contributed by atoms with Crippen LogP contribution in [0.2, 0.25) is 0 Å². The Kier molecular flexibility index (Phi) is 6.44. The molecule has 0 saturated heterocycles. The highest BCUT2D eigenvalue weighted by Gasteiger charge is 2.04. The van der Waals surface area contributed by atoms with Gasteiger partial charge in [-0.1, -0.05) is 25.5 Å². The van der Waals surface area contributed by atoms with Gasteiger partial charge in [-0.3, -0.25) is 4.79 Å². The third kappa shape index (κ3) is 5.32. The van der Waals surface area contributed by atoms with E-state index in [1.54, 1.807) is 0 Å². The Balaban J connectivity index is 2.33. The number of amides is 1. The summed E-state index contributed by atoms with van der Waals surface area (Å²) in [4.78, 5) is 11.8. The predicted octanol–water partition coefficient (Wildman–Crippen LogP) is 3.02. The van der Waals surface area contributed by atoms with Crippen molar-refractivity contribution >= 4 is 11.6 Å². The van der Waals surface area contributed by atoms with Gasteiger partial charge >= 0.3 is 0 Å². The number of benzene rings is 1. The van der Waals surface area contributed by atoms with Gasteiger partial charge in [-0.15, -0.1) is 0 Å². The van der Waals surface area contributed by atoms with Crippen molar-refractivity contribution in [1.29, 1.82) is 0 Å². The first-order valence-electron chi connectivity index (χ1n) is 6.71. The molecule has 100 valence electrons. The molecule has 1 aromatic carbocycles. The molecule has 0 saturated carbocycles. The quantitative estimate of drug-likeness (QED) is 0.728. The zero-order valence-corrected chi connectivity index (χ0v) is 11.7. The first-order valence-corrected chi connectivity index (χ1v) is 6.71. The highest BCUT2D eigenvalue weighted by Crippen LogP contribution is 2.16. The number of anilines is 1. The van der Waals surface area contributed by atoms with Gasteiger partial charge in [0.05, 0.1) is 0 Å². The van der Waals surface area contributed by atoms with Crippen LogP contribution in [0.25, 0.3) is 0 Å². The highest BCUT2D eigenvalue weighted by atomic mass is 16.1. The molecule has 3 nitrogen and oxygen atoms in total. The molecule has 0 unspecified atom stereocenters. The molecular formula is C15H24N2O. The molecule has 0 aliphatic rings. The van der Waals surface area contributed by atoms with E-state index >= 15 is 0 Å².